The monoisotopic (exact) mass is 535 g/mol. The number of hydrogen-bond acceptors (Lipinski definition) is 4. The number of amides is 1. The van der Waals surface area contributed by atoms with Crippen LogP contribution in [0.2, 0.25) is 18.1 Å². The molecule has 0 spiro atoms. The molecule has 33 heavy (non-hydrogen) atoms. The van der Waals surface area contributed by atoms with Crippen molar-refractivity contribution in [2.24, 2.45) is 0 Å². The van der Waals surface area contributed by atoms with E-state index in [2.05, 4.69) is 67.1 Å². The van der Waals surface area contributed by atoms with Gasteiger partial charge in [0.25, 0.3) is 5.56 Å². The third kappa shape index (κ3) is 5.43. The summed E-state index contributed by atoms with van der Waals surface area (Å²) < 4.78 is 8.95. The molecule has 1 heterocycles. The Kier molecular flexibility index (Phi) is 7.33. The molecule has 1 amide bonds. The number of nitrogens with one attached hydrogen (secondary N) is 1. The Morgan fingerprint density at radius 1 is 1.30 bits per heavy atom. The molecule has 0 radical (unpaired) electrons. The average molecular weight is 537 g/mol. The molecule has 0 saturated heterocycles. The minimum absolute atomic E-state index is 0.0684. The molecule has 0 bridgehead atoms. The van der Waals surface area contributed by atoms with Crippen molar-refractivity contribution in [3.05, 3.63) is 38.7 Å². The molecule has 1 aromatic heterocycles. The molecule has 182 valence electrons. The number of fused-ring (bicyclic) bond motifs is 1. The first kappa shape index (κ1) is 26.1. The van der Waals surface area contributed by atoms with Crippen molar-refractivity contribution in [1.82, 2.24) is 15.1 Å². The van der Waals surface area contributed by atoms with Gasteiger partial charge in [0.2, 0.25) is 5.91 Å². The van der Waals surface area contributed by atoms with Gasteiger partial charge in [-0.25, -0.2) is 4.68 Å². The van der Waals surface area contributed by atoms with E-state index >= 15 is 0 Å². The number of halogens is 1. The molecule has 0 unspecified atom stereocenters. The highest BCUT2D eigenvalue weighted by molar-refractivity contribution is 9.10. The van der Waals surface area contributed by atoms with E-state index in [4.69, 9.17) is 4.43 Å². The van der Waals surface area contributed by atoms with Crippen LogP contribution >= 0.6 is 15.9 Å². The van der Waals surface area contributed by atoms with Gasteiger partial charge in [-0.1, -0.05) is 57.5 Å². The molecule has 0 aliphatic heterocycles. The van der Waals surface area contributed by atoms with Crippen molar-refractivity contribution in [2.45, 2.75) is 103 Å². The highest BCUT2D eigenvalue weighted by atomic mass is 79.9. The number of benzene rings is 1. The lowest BCUT2D eigenvalue weighted by atomic mass is 9.74. The smallest absolute Gasteiger partial charge is 0.275 e. The zero-order valence-electron chi connectivity index (χ0n) is 21.2. The number of carbonyl (C=O) groups is 1. The quantitative estimate of drug-likeness (QED) is 0.459. The maximum absolute atomic E-state index is 13.0. The second-order valence-corrected chi connectivity index (χ2v) is 16.9. The van der Waals surface area contributed by atoms with Crippen molar-refractivity contribution in [2.75, 3.05) is 0 Å². The van der Waals surface area contributed by atoms with Crippen LogP contribution in [-0.2, 0) is 15.8 Å². The van der Waals surface area contributed by atoms with Crippen LogP contribution in [0.5, 0.6) is 0 Å². The van der Waals surface area contributed by atoms with Gasteiger partial charge in [0.05, 0.1) is 16.7 Å². The summed E-state index contributed by atoms with van der Waals surface area (Å²) in [7, 11) is -1.89. The Bertz CT molecular complexity index is 1100. The second-order valence-electron chi connectivity index (χ2n) is 11.3. The van der Waals surface area contributed by atoms with Gasteiger partial charge in [-0.3, -0.25) is 9.59 Å². The maximum Gasteiger partial charge on any atom is 0.275 e. The van der Waals surface area contributed by atoms with Crippen LogP contribution in [0.4, 0.5) is 0 Å². The fourth-order valence-electron chi connectivity index (χ4n) is 4.31. The van der Waals surface area contributed by atoms with Crippen LogP contribution in [0.25, 0.3) is 10.8 Å². The highest BCUT2D eigenvalue weighted by Crippen LogP contribution is 2.46. The summed E-state index contributed by atoms with van der Waals surface area (Å²) in [5.41, 5.74) is 0.418. The minimum Gasteiger partial charge on any atom is -0.411 e. The van der Waals surface area contributed by atoms with E-state index in [1.165, 1.54) is 4.68 Å². The molecule has 1 fully saturated rings. The van der Waals surface area contributed by atoms with Gasteiger partial charge in [-0.2, -0.15) is 5.10 Å². The van der Waals surface area contributed by atoms with Crippen molar-refractivity contribution in [1.29, 1.82) is 0 Å². The topological polar surface area (TPSA) is 73.2 Å². The number of hydrogen-bond donors (Lipinski definition) is 1. The molecule has 0 atom stereocenters. The van der Waals surface area contributed by atoms with Crippen molar-refractivity contribution < 1.29 is 9.22 Å². The van der Waals surface area contributed by atoms with Crippen LogP contribution in [-0.4, -0.2) is 35.6 Å². The molecule has 1 aromatic carbocycles. The summed E-state index contributed by atoms with van der Waals surface area (Å²) in [5, 5.41) is 9.22. The standard InChI is InChI=1S/C25H38BrN3O3Si/c1-9-25(32-33(7,8)24(4,5)6)13-18(14-25)27-21(30)15-29-23(31)19-11-10-17(26)12-20(19)22(28-29)16(2)3/h10-12,16,18H,9,13-15H2,1-8H3,(H,27,30). The summed E-state index contributed by atoms with van der Waals surface area (Å²) in [5.74, 6) is -0.0567. The fraction of sp³-hybridized carbons (Fsp3) is 0.640. The Morgan fingerprint density at radius 3 is 2.48 bits per heavy atom. The van der Waals surface area contributed by atoms with Crippen molar-refractivity contribution >= 4 is 40.9 Å². The third-order valence-corrected chi connectivity index (χ3v) is 12.4. The van der Waals surface area contributed by atoms with Gasteiger partial charge in [0, 0.05) is 15.9 Å². The van der Waals surface area contributed by atoms with Gasteiger partial charge < -0.3 is 9.74 Å². The maximum atomic E-state index is 13.0. The van der Waals surface area contributed by atoms with Crippen LogP contribution < -0.4 is 10.9 Å². The molecular weight excluding hydrogens is 498 g/mol. The molecular formula is C25H38BrN3O3Si. The van der Waals surface area contributed by atoms with Crippen molar-refractivity contribution in [3.8, 4) is 0 Å². The van der Waals surface area contributed by atoms with Gasteiger partial charge in [-0.15, -0.1) is 0 Å². The predicted molar refractivity (Wildman–Crippen MR) is 140 cm³/mol. The largest absolute Gasteiger partial charge is 0.411 e. The zero-order valence-corrected chi connectivity index (χ0v) is 23.8. The third-order valence-electron chi connectivity index (χ3n) is 7.32. The Balaban J connectivity index is 1.72. The number of rotatable bonds is 7. The van der Waals surface area contributed by atoms with Gasteiger partial charge >= 0.3 is 0 Å². The first-order valence-electron chi connectivity index (χ1n) is 11.9. The van der Waals surface area contributed by atoms with E-state index in [0.29, 0.717) is 5.39 Å². The Labute approximate surface area is 206 Å². The predicted octanol–water partition coefficient (Wildman–Crippen LogP) is 5.73. The summed E-state index contributed by atoms with van der Waals surface area (Å²) in [6.45, 7) is 17.5. The van der Waals surface area contributed by atoms with Gasteiger partial charge in [0.15, 0.2) is 8.32 Å². The molecule has 3 rings (SSSR count). The van der Waals surface area contributed by atoms with Crippen molar-refractivity contribution in [3.63, 3.8) is 0 Å². The lowest BCUT2D eigenvalue weighted by Crippen LogP contribution is -2.61. The van der Waals surface area contributed by atoms with Crippen LogP contribution in [0.1, 0.15) is 72.4 Å². The fourth-order valence-corrected chi connectivity index (χ4v) is 6.37. The first-order chi connectivity index (χ1) is 15.2. The van der Waals surface area contributed by atoms with Gasteiger partial charge in [0.1, 0.15) is 6.54 Å². The second kappa shape index (κ2) is 9.27. The average Bonchev–Trinajstić information content (AvgIpc) is 2.66. The van der Waals surface area contributed by atoms with Crippen LogP contribution in [0.15, 0.2) is 27.5 Å². The molecule has 1 aliphatic rings. The molecule has 6 nitrogen and oxygen atoms in total. The lowest BCUT2D eigenvalue weighted by molar-refractivity contribution is -0.126. The normalized spacial score (nSPS) is 21.3. The SMILES string of the molecule is CCC1(O[Si](C)(C)C(C)(C)C)CC(NC(=O)Cn2nc(C(C)C)c3cc(Br)ccc3c2=O)C1. The number of aromatic nitrogens is 2. The first-order valence-corrected chi connectivity index (χ1v) is 15.6. The minimum atomic E-state index is -1.89. The lowest BCUT2D eigenvalue weighted by Gasteiger charge is -2.53. The molecule has 1 N–H and O–H groups in total. The van der Waals surface area contributed by atoms with Crippen LogP contribution in [0.3, 0.4) is 0 Å². The summed E-state index contributed by atoms with van der Waals surface area (Å²) in [6, 6.07) is 5.63. The van der Waals surface area contributed by atoms with E-state index in [0.717, 1.165) is 34.8 Å². The van der Waals surface area contributed by atoms with Crippen LogP contribution in [0, 0.1) is 0 Å². The van der Waals surface area contributed by atoms with E-state index < -0.39 is 8.32 Å². The molecule has 2 aromatic rings. The molecule has 1 saturated carbocycles. The van der Waals surface area contributed by atoms with Gasteiger partial charge in [-0.05, 0) is 61.5 Å². The van der Waals surface area contributed by atoms with E-state index in [-0.39, 0.29) is 40.6 Å². The van der Waals surface area contributed by atoms with E-state index in [9.17, 15) is 9.59 Å². The molecule has 1 aliphatic carbocycles. The van der Waals surface area contributed by atoms with E-state index in [1.54, 1.807) is 6.07 Å². The summed E-state index contributed by atoms with van der Waals surface area (Å²) in [6.07, 6.45) is 2.56. The van der Waals surface area contributed by atoms with E-state index in [1.807, 2.05) is 26.0 Å². The summed E-state index contributed by atoms with van der Waals surface area (Å²) >= 11 is 3.48. The molecule has 8 heteroatoms. The number of nitrogens with zero attached hydrogens (tertiary/aromatic N) is 2. The highest BCUT2D eigenvalue weighted by Gasteiger charge is 2.50. The zero-order chi connectivity index (χ0) is 24.8. The Morgan fingerprint density at radius 2 is 1.94 bits per heavy atom. The Hall–Kier alpha value is -1.51. The number of carbonyl (C=O) groups excluding carboxylic acids is 1. The summed E-state index contributed by atoms with van der Waals surface area (Å²) in [4.78, 5) is 25.8.